The summed E-state index contributed by atoms with van der Waals surface area (Å²) >= 11 is 0. The maximum Gasteiger partial charge on any atom is 0.338 e. The third-order valence-electron chi connectivity index (χ3n) is 2.79. The zero-order valence-electron chi connectivity index (χ0n) is 10.5. The number of hydrogen-bond donors (Lipinski definition) is 3. The van der Waals surface area contributed by atoms with Gasteiger partial charge in [0.2, 0.25) is 5.91 Å². The van der Waals surface area contributed by atoms with Gasteiger partial charge in [-0.3, -0.25) is 4.79 Å². The second-order valence-electron chi connectivity index (χ2n) is 4.34. The van der Waals surface area contributed by atoms with E-state index in [-0.39, 0.29) is 0 Å². The molecule has 4 N–H and O–H groups in total. The van der Waals surface area contributed by atoms with Crippen molar-refractivity contribution < 1.29 is 23.5 Å². The fourth-order valence-corrected chi connectivity index (χ4v) is 1.23. The van der Waals surface area contributed by atoms with Crippen molar-refractivity contribution in [2.75, 3.05) is 5.32 Å². The van der Waals surface area contributed by atoms with E-state index in [9.17, 15) is 18.4 Å². The highest BCUT2D eigenvalue weighted by molar-refractivity contribution is 5.99. The van der Waals surface area contributed by atoms with Crippen LogP contribution in [0, 0.1) is 11.6 Å². The Kier molecular flexibility index (Phi) is 4.21. The summed E-state index contributed by atoms with van der Waals surface area (Å²) in [4.78, 5) is 22.5. The minimum atomic E-state index is -1.56. The van der Waals surface area contributed by atoms with E-state index in [1.807, 2.05) is 0 Å². The SMILES string of the molecule is CCC(C)(N)C(=O)Nc1cc(C(=O)O)c(F)cc1F. The number of carboxylic acid groups (broad SMARTS) is 1. The van der Waals surface area contributed by atoms with Crippen LogP contribution in [-0.4, -0.2) is 22.5 Å². The molecule has 1 aromatic carbocycles. The van der Waals surface area contributed by atoms with Crippen LogP contribution in [0.25, 0.3) is 0 Å². The number of nitrogens with two attached hydrogens (primary N) is 1. The molecule has 1 unspecified atom stereocenters. The van der Waals surface area contributed by atoms with Gasteiger partial charge in [0.1, 0.15) is 11.6 Å². The molecule has 0 fully saturated rings. The Morgan fingerprint density at radius 1 is 1.37 bits per heavy atom. The first-order valence-electron chi connectivity index (χ1n) is 5.51. The summed E-state index contributed by atoms with van der Waals surface area (Å²) in [6, 6.07) is 1.12. The number of nitrogens with one attached hydrogen (secondary N) is 1. The van der Waals surface area contributed by atoms with E-state index < -0.39 is 40.3 Å². The number of aromatic carboxylic acids is 1. The van der Waals surface area contributed by atoms with E-state index >= 15 is 0 Å². The molecule has 1 rings (SSSR count). The van der Waals surface area contributed by atoms with Crippen molar-refractivity contribution in [3.63, 3.8) is 0 Å². The Labute approximate surface area is 108 Å². The smallest absolute Gasteiger partial charge is 0.338 e. The quantitative estimate of drug-likeness (QED) is 0.778. The molecule has 5 nitrogen and oxygen atoms in total. The van der Waals surface area contributed by atoms with Crippen LogP contribution in [-0.2, 0) is 4.79 Å². The largest absolute Gasteiger partial charge is 0.478 e. The van der Waals surface area contributed by atoms with Crippen LogP contribution in [0.3, 0.4) is 0 Å². The average Bonchev–Trinajstić information content (AvgIpc) is 2.31. The maximum absolute atomic E-state index is 13.5. The molecule has 0 spiro atoms. The molecular formula is C12H14F2N2O3. The third-order valence-corrected chi connectivity index (χ3v) is 2.79. The minimum absolute atomic E-state index is 0.299. The number of anilines is 1. The van der Waals surface area contributed by atoms with Crippen molar-refractivity contribution in [3.8, 4) is 0 Å². The number of amides is 1. The minimum Gasteiger partial charge on any atom is -0.478 e. The lowest BCUT2D eigenvalue weighted by molar-refractivity contribution is -0.120. The highest BCUT2D eigenvalue weighted by atomic mass is 19.1. The zero-order chi connectivity index (χ0) is 14.8. The van der Waals surface area contributed by atoms with Gasteiger partial charge in [-0.25, -0.2) is 13.6 Å². The van der Waals surface area contributed by atoms with E-state index in [0.717, 1.165) is 6.07 Å². The fraction of sp³-hybridized carbons (Fsp3) is 0.333. The molecule has 0 aliphatic carbocycles. The molecule has 19 heavy (non-hydrogen) atoms. The summed E-state index contributed by atoms with van der Waals surface area (Å²) in [7, 11) is 0. The first-order chi connectivity index (χ1) is 8.69. The Hall–Kier alpha value is -2.02. The highest BCUT2D eigenvalue weighted by Crippen LogP contribution is 2.21. The van der Waals surface area contributed by atoms with Crippen molar-refractivity contribution >= 4 is 17.6 Å². The molecule has 0 saturated heterocycles. The highest BCUT2D eigenvalue weighted by Gasteiger charge is 2.27. The average molecular weight is 272 g/mol. The maximum atomic E-state index is 13.5. The van der Waals surface area contributed by atoms with Crippen LogP contribution >= 0.6 is 0 Å². The van der Waals surface area contributed by atoms with E-state index in [2.05, 4.69) is 5.32 Å². The van der Waals surface area contributed by atoms with Crippen molar-refractivity contribution in [1.29, 1.82) is 0 Å². The van der Waals surface area contributed by atoms with Crippen LogP contribution in [0.1, 0.15) is 30.6 Å². The van der Waals surface area contributed by atoms with Gasteiger partial charge < -0.3 is 16.2 Å². The molecule has 0 aliphatic rings. The molecular weight excluding hydrogens is 258 g/mol. The number of rotatable bonds is 4. The molecule has 104 valence electrons. The first-order valence-corrected chi connectivity index (χ1v) is 5.51. The molecule has 1 atom stereocenters. The third kappa shape index (κ3) is 3.25. The Morgan fingerprint density at radius 2 is 1.95 bits per heavy atom. The first kappa shape index (κ1) is 15.0. The molecule has 7 heteroatoms. The number of benzene rings is 1. The standard InChI is InChI=1S/C12H14F2N2O3/c1-3-12(2,15)11(19)16-9-4-6(10(17)18)7(13)5-8(9)14/h4-5H,3,15H2,1-2H3,(H,16,19)(H,17,18). The molecule has 0 radical (unpaired) electrons. The van der Waals surface area contributed by atoms with Crippen LogP contribution in [0.4, 0.5) is 14.5 Å². The van der Waals surface area contributed by atoms with Crippen molar-refractivity contribution in [1.82, 2.24) is 0 Å². The molecule has 0 bridgehead atoms. The lowest BCUT2D eigenvalue weighted by Crippen LogP contribution is -2.47. The number of carbonyl (C=O) groups is 2. The lowest BCUT2D eigenvalue weighted by Gasteiger charge is -2.21. The topological polar surface area (TPSA) is 92.4 Å². The van der Waals surface area contributed by atoms with Gasteiger partial charge in [0.15, 0.2) is 0 Å². The number of hydrogen-bond acceptors (Lipinski definition) is 3. The van der Waals surface area contributed by atoms with Gasteiger partial charge in [-0.2, -0.15) is 0 Å². The summed E-state index contributed by atoms with van der Waals surface area (Å²) in [6.45, 7) is 3.12. The second kappa shape index (κ2) is 5.31. The van der Waals surface area contributed by atoms with Crippen LogP contribution < -0.4 is 11.1 Å². The number of halogens is 2. The summed E-state index contributed by atoms with van der Waals surface area (Å²) in [5.41, 5.74) is 3.28. The molecule has 0 aliphatic heterocycles. The van der Waals surface area contributed by atoms with Crippen molar-refractivity contribution in [2.45, 2.75) is 25.8 Å². The Balaban J connectivity index is 3.12. The number of carboxylic acids is 1. The van der Waals surface area contributed by atoms with Gasteiger partial charge >= 0.3 is 5.97 Å². The van der Waals surface area contributed by atoms with Crippen LogP contribution in [0.2, 0.25) is 0 Å². The predicted octanol–water partition coefficient (Wildman–Crippen LogP) is 1.73. The summed E-state index contributed by atoms with van der Waals surface area (Å²) in [5, 5.41) is 10.9. The van der Waals surface area contributed by atoms with E-state index in [1.54, 1.807) is 6.92 Å². The fourth-order valence-electron chi connectivity index (χ4n) is 1.23. The van der Waals surface area contributed by atoms with Gasteiger partial charge in [-0.1, -0.05) is 6.92 Å². The molecule has 1 amide bonds. The van der Waals surface area contributed by atoms with Gasteiger partial charge in [0.25, 0.3) is 0 Å². The van der Waals surface area contributed by atoms with Gasteiger partial charge in [0.05, 0.1) is 16.8 Å². The summed E-state index contributed by atoms with van der Waals surface area (Å²) in [5.74, 6) is -4.52. The Morgan fingerprint density at radius 3 is 2.42 bits per heavy atom. The monoisotopic (exact) mass is 272 g/mol. The van der Waals surface area contributed by atoms with Gasteiger partial charge in [-0.15, -0.1) is 0 Å². The predicted molar refractivity (Wildman–Crippen MR) is 64.8 cm³/mol. The molecule has 0 saturated carbocycles. The lowest BCUT2D eigenvalue weighted by atomic mass is 9.99. The summed E-state index contributed by atoms with van der Waals surface area (Å²) in [6.07, 6.45) is 0.299. The van der Waals surface area contributed by atoms with Gasteiger partial charge in [0, 0.05) is 6.07 Å². The zero-order valence-corrected chi connectivity index (χ0v) is 10.5. The van der Waals surface area contributed by atoms with Crippen LogP contribution in [0.15, 0.2) is 12.1 Å². The molecule has 0 aromatic heterocycles. The summed E-state index contributed by atoms with van der Waals surface area (Å²) < 4.78 is 26.6. The second-order valence-corrected chi connectivity index (χ2v) is 4.34. The normalized spacial score (nSPS) is 13.7. The van der Waals surface area contributed by atoms with Crippen molar-refractivity contribution in [2.24, 2.45) is 5.73 Å². The Bertz CT molecular complexity index is 530. The number of carbonyl (C=O) groups excluding carboxylic acids is 1. The molecule has 1 aromatic rings. The van der Waals surface area contributed by atoms with Gasteiger partial charge in [-0.05, 0) is 19.4 Å². The van der Waals surface area contributed by atoms with Crippen molar-refractivity contribution in [3.05, 3.63) is 29.3 Å². The van der Waals surface area contributed by atoms with Crippen LogP contribution in [0.5, 0.6) is 0 Å². The van der Waals surface area contributed by atoms with E-state index in [1.165, 1.54) is 6.92 Å². The van der Waals surface area contributed by atoms with E-state index in [0.29, 0.717) is 12.5 Å². The van der Waals surface area contributed by atoms with E-state index in [4.69, 9.17) is 10.8 Å². The molecule has 0 heterocycles.